The quantitative estimate of drug-likeness (QED) is 0.867. The van der Waals surface area contributed by atoms with Gasteiger partial charge in [-0.2, -0.15) is 0 Å². The number of hydrogen-bond donors (Lipinski definition) is 2. The molecule has 0 aromatic heterocycles. The standard InChI is InChI=1S/C19H31NO2/c1-12(2)17(18(22)20-7)13(3)10-14-8-9-16(21)15(11-14)19(4,5)6/h8-9,11-13,17,21H,10H2,1-7H3,(H,20,22). The number of phenols is 1. The number of carbonyl (C=O) groups is 1. The number of phenolic OH excluding ortho intramolecular Hbond substituents is 1. The van der Waals surface area contributed by atoms with Crippen LogP contribution in [0.1, 0.15) is 52.7 Å². The van der Waals surface area contributed by atoms with Gasteiger partial charge in [0.05, 0.1) is 0 Å². The molecule has 0 fully saturated rings. The van der Waals surface area contributed by atoms with Gasteiger partial charge in [-0.15, -0.1) is 0 Å². The maximum absolute atomic E-state index is 12.1. The van der Waals surface area contributed by atoms with Crippen LogP contribution in [0.2, 0.25) is 0 Å². The fourth-order valence-electron chi connectivity index (χ4n) is 3.19. The van der Waals surface area contributed by atoms with E-state index in [2.05, 4.69) is 52.9 Å². The Kier molecular flexibility index (Phi) is 6.04. The Hall–Kier alpha value is -1.51. The topological polar surface area (TPSA) is 49.3 Å². The fraction of sp³-hybridized carbons (Fsp3) is 0.632. The molecule has 1 amide bonds. The molecule has 0 aliphatic rings. The van der Waals surface area contributed by atoms with Crippen molar-refractivity contribution in [1.29, 1.82) is 0 Å². The average molecular weight is 305 g/mol. The van der Waals surface area contributed by atoms with Crippen molar-refractivity contribution >= 4 is 5.91 Å². The Morgan fingerprint density at radius 3 is 2.27 bits per heavy atom. The number of hydrogen-bond acceptors (Lipinski definition) is 2. The summed E-state index contributed by atoms with van der Waals surface area (Å²) in [6.07, 6.45) is 0.833. The van der Waals surface area contributed by atoms with Crippen LogP contribution < -0.4 is 5.32 Å². The molecular weight excluding hydrogens is 274 g/mol. The first-order valence-corrected chi connectivity index (χ1v) is 8.11. The summed E-state index contributed by atoms with van der Waals surface area (Å²) < 4.78 is 0. The number of nitrogens with one attached hydrogen (secondary N) is 1. The minimum atomic E-state index is -0.0957. The highest BCUT2D eigenvalue weighted by Gasteiger charge is 2.28. The van der Waals surface area contributed by atoms with Gasteiger partial charge >= 0.3 is 0 Å². The summed E-state index contributed by atoms with van der Waals surface area (Å²) in [6, 6.07) is 5.81. The molecule has 124 valence electrons. The predicted octanol–water partition coefficient (Wildman–Crippen LogP) is 3.89. The van der Waals surface area contributed by atoms with E-state index < -0.39 is 0 Å². The van der Waals surface area contributed by atoms with E-state index in [1.54, 1.807) is 13.1 Å². The van der Waals surface area contributed by atoms with Gasteiger partial charge in [0, 0.05) is 13.0 Å². The second-order valence-electron chi connectivity index (χ2n) is 7.67. The van der Waals surface area contributed by atoms with Crippen LogP contribution in [0.25, 0.3) is 0 Å². The fourth-order valence-corrected chi connectivity index (χ4v) is 3.19. The molecule has 3 heteroatoms. The summed E-state index contributed by atoms with van der Waals surface area (Å²) in [5.41, 5.74) is 2.03. The van der Waals surface area contributed by atoms with E-state index in [4.69, 9.17) is 0 Å². The first-order valence-electron chi connectivity index (χ1n) is 8.11. The van der Waals surface area contributed by atoms with E-state index in [-0.39, 0.29) is 23.2 Å². The van der Waals surface area contributed by atoms with E-state index in [9.17, 15) is 9.90 Å². The van der Waals surface area contributed by atoms with Gasteiger partial charge in [0.1, 0.15) is 5.75 Å². The zero-order chi connectivity index (χ0) is 17.1. The summed E-state index contributed by atoms with van der Waals surface area (Å²) >= 11 is 0. The highest BCUT2D eigenvalue weighted by molar-refractivity contribution is 5.78. The molecule has 2 atom stereocenters. The third-order valence-electron chi connectivity index (χ3n) is 4.31. The molecule has 0 aliphatic carbocycles. The number of rotatable bonds is 5. The van der Waals surface area contributed by atoms with E-state index in [1.165, 1.54) is 5.56 Å². The van der Waals surface area contributed by atoms with Crippen LogP contribution in [0, 0.1) is 17.8 Å². The minimum Gasteiger partial charge on any atom is -0.508 e. The summed E-state index contributed by atoms with van der Waals surface area (Å²) in [5.74, 6) is 0.997. The molecular formula is C19H31NO2. The summed E-state index contributed by atoms with van der Waals surface area (Å²) in [6.45, 7) is 12.6. The maximum atomic E-state index is 12.1. The van der Waals surface area contributed by atoms with Gasteiger partial charge in [0.15, 0.2) is 0 Å². The van der Waals surface area contributed by atoms with Crippen LogP contribution in [0.3, 0.4) is 0 Å². The maximum Gasteiger partial charge on any atom is 0.223 e. The molecule has 3 nitrogen and oxygen atoms in total. The van der Waals surface area contributed by atoms with Crippen molar-refractivity contribution in [1.82, 2.24) is 5.32 Å². The Morgan fingerprint density at radius 2 is 1.82 bits per heavy atom. The number of aromatic hydroxyl groups is 1. The third-order valence-corrected chi connectivity index (χ3v) is 4.31. The lowest BCUT2D eigenvalue weighted by Gasteiger charge is -2.27. The lowest BCUT2D eigenvalue weighted by Crippen LogP contribution is -2.36. The molecule has 0 aliphatic heterocycles. The van der Waals surface area contributed by atoms with Crippen molar-refractivity contribution in [2.45, 2.75) is 53.4 Å². The predicted molar refractivity (Wildman–Crippen MR) is 92.1 cm³/mol. The molecule has 0 radical (unpaired) electrons. The van der Waals surface area contributed by atoms with Crippen LogP contribution in [-0.2, 0) is 16.6 Å². The van der Waals surface area contributed by atoms with Crippen molar-refractivity contribution in [3.8, 4) is 5.75 Å². The summed E-state index contributed by atoms with van der Waals surface area (Å²) in [5, 5.41) is 12.8. The molecule has 22 heavy (non-hydrogen) atoms. The van der Waals surface area contributed by atoms with Crippen LogP contribution in [-0.4, -0.2) is 18.1 Å². The minimum absolute atomic E-state index is 0.00288. The number of carbonyl (C=O) groups excluding carboxylic acids is 1. The Balaban J connectivity index is 3.01. The molecule has 2 N–H and O–H groups in total. The Morgan fingerprint density at radius 1 is 1.23 bits per heavy atom. The van der Waals surface area contributed by atoms with Crippen molar-refractivity contribution in [2.75, 3.05) is 7.05 Å². The van der Waals surface area contributed by atoms with Crippen molar-refractivity contribution in [3.05, 3.63) is 29.3 Å². The van der Waals surface area contributed by atoms with E-state index >= 15 is 0 Å². The van der Waals surface area contributed by atoms with Crippen LogP contribution >= 0.6 is 0 Å². The van der Waals surface area contributed by atoms with Crippen LogP contribution in [0.4, 0.5) is 0 Å². The molecule has 0 saturated heterocycles. The van der Waals surface area contributed by atoms with Gasteiger partial charge < -0.3 is 10.4 Å². The van der Waals surface area contributed by atoms with Gasteiger partial charge in [-0.3, -0.25) is 4.79 Å². The summed E-state index contributed by atoms with van der Waals surface area (Å²) in [4.78, 5) is 12.1. The van der Waals surface area contributed by atoms with E-state index in [0.29, 0.717) is 11.7 Å². The SMILES string of the molecule is CNC(=O)C(C(C)C)C(C)Cc1ccc(O)c(C(C)(C)C)c1. The van der Waals surface area contributed by atoms with Crippen molar-refractivity contribution in [3.63, 3.8) is 0 Å². The largest absolute Gasteiger partial charge is 0.508 e. The first kappa shape index (κ1) is 18.5. The molecule has 1 aromatic carbocycles. The van der Waals surface area contributed by atoms with Gasteiger partial charge in [-0.05, 0) is 40.9 Å². The first-order chi connectivity index (χ1) is 10.1. The lowest BCUT2D eigenvalue weighted by molar-refractivity contribution is -0.127. The normalized spacial score (nSPS) is 14.7. The average Bonchev–Trinajstić information content (AvgIpc) is 2.39. The van der Waals surface area contributed by atoms with Gasteiger partial charge in [-0.25, -0.2) is 0 Å². The molecule has 1 aromatic rings. The smallest absolute Gasteiger partial charge is 0.223 e. The zero-order valence-corrected chi connectivity index (χ0v) is 15.0. The van der Waals surface area contributed by atoms with Crippen molar-refractivity contribution in [2.24, 2.45) is 17.8 Å². The molecule has 0 heterocycles. The third kappa shape index (κ3) is 4.49. The van der Waals surface area contributed by atoms with Crippen molar-refractivity contribution < 1.29 is 9.90 Å². The zero-order valence-electron chi connectivity index (χ0n) is 15.0. The Labute approximate surface area is 135 Å². The van der Waals surface area contributed by atoms with Gasteiger partial charge in [0.25, 0.3) is 0 Å². The summed E-state index contributed by atoms with van der Waals surface area (Å²) in [7, 11) is 1.70. The molecule has 0 bridgehead atoms. The molecule has 0 spiro atoms. The second kappa shape index (κ2) is 7.17. The van der Waals surface area contributed by atoms with E-state index in [1.807, 2.05) is 6.07 Å². The number of amides is 1. The molecule has 2 unspecified atom stereocenters. The lowest BCUT2D eigenvalue weighted by atomic mass is 9.79. The monoisotopic (exact) mass is 305 g/mol. The second-order valence-corrected chi connectivity index (χ2v) is 7.67. The number of benzene rings is 1. The van der Waals surface area contributed by atoms with Crippen LogP contribution in [0.15, 0.2) is 18.2 Å². The highest BCUT2D eigenvalue weighted by Crippen LogP contribution is 2.33. The molecule has 0 saturated carbocycles. The van der Waals surface area contributed by atoms with E-state index in [0.717, 1.165) is 12.0 Å². The Bertz CT molecular complexity index is 515. The highest BCUT2D eigenvalue weighted by atomic mass is 16.3. The molecule has 1 rings (SSSR count). The van der Waals surface area contributed by atoms with Gasteiger partial charge in [-0.1, -0.05) is 53.7 Å². The van der Waals surface area contributed by atoms with Gasteiger partial charge in [0.2, 0.25) is 5.91 Å². The van der Waals surface area contributed by atoms with Crippen LogP contribution in [0.5, 0.6) is 5.75 Å².